The summed E-state index contributed by atoms with van der Waals surface area (Å²) in [4.78, 5) is 26.7. The topological polar surface area (TPSA) is 83.6 Å². The van der Waals surface area contributed by atoms with E-state index in [9.17, 15) is 18.0 Å². The Bertz CT molecular complexity index is 541. The molecule has 2 fully saturated rings. The summed E-state index contributed by atoms with van der Waals surface area (Å²) in [5.74, 6) is -0.248. The molecule has 2 atom stereocenters. The number of nitrogens with zero attached hydrogens (tertiary/aromatic N) is 1. The van der Waals surface area contributed by atoms with Crippen molar-refractivity contribution in [3.8, 4) is 0 Å². The van der Waals surface area contributed by atoms with Crippen LogP contribution in [-0.4, -0.2) is 55.3 Å². The molecule has 21 heavy (non-hydrogen) atoms. The van der Waals surface area contributed by atoms with Gasteiger partial charge in [0.05, 0.1) is 5.75 Å². The zero-order valence-electron chi connectivity index (χ0n) is 12.9. The molecule has 1 aliphatic carbocycles. The Morgan fingerprint density at radius 3 is 2.43 bits per heavy atom. The fourth-order valence-electron chi connectivity index (χ4n) is 3.04. The second kappa shape index (κ2) is 5.59. The van der Waals surface area contributed by atoms with Crippen molar-refractivity contribution in [3.63, 3.8) is 0 Å². The van der Waals surface area contributed by atoms with Crippen molar-refractivity contribution in [1.82, 2.24) is 10.2 Å². The predicted octanol–water partition coefficient (Wildman–Crippen LogP) is 0.327. The molecule has 0 aromatic rings. The van der Waals surface area contributed by atoms with Gasteiger partial charge in [-0.05, 0) is 32.1 Å². The Hall–Kier alpha value is -1.11. The van der Waals surface area contributed by atoms with E-state index in [0.717, 1.165) is 25.5 Å². The van der Waals surface area contributed by atoms with Crippen molar-refractivity contribution in [1.29, 1.82) is 0 Å². The Morgan fingerprint density at radius 1 is 1.33 bits per heavy atom. The van der Waals surface area contributed by atoms with E-state index in [4.69, 9.17) is 0 Å². The lowest BCUT2D eigenvalue weighted by Crippen LogP contribution is -2.70. The van der Waals surface area contributed by atoms with Crippen LogP contribution in [-0.2, 0) is 19.4 Å². The summed E-state index contributed by atoms with van der Waals surface area (Å²) in [5.41, 5.74) is -0.897. The standard InChI is InChI=1S/C14H24N2O4S/c1-4-5-11-12(17)16(8-9-21(3,19)20)14(2,10-6-7-10)13(18)15-11/h10-11H,4-9H2,1-3H3,(H,15,18). The summed E-state index contributed by atoms with van der Waals surface area (Å²) in [7, 11) is -3.18. The van der Waals surface area contributed by atoms with Crippen LogP contribution in [0.25, 0.3) is 0 Å². The lowest BCUT2D eigenvalue weighted by Gasteiger charge is -2.46. The van der Waals surface area contributed by atoms with Gasteiger partial charge < -0.3 is 10.2 Å². The van der Waals surface area contributed by atoms with Gasteiger partial charge >= 0.3 is 0 Å². The zero-order valence-corrected chi connectivity index (χ0v) is 13.7. The lowest BCUT2D eigenvalue weighted by atomic mass is 9.87. The predicted molar refractivity (Wildman–Crippen MR) is 79.4 cm³/mol. The first-order valence-electron chi connectivity index (χ1n) is 7.50. The van der Waals surface area contributed by atoms with Gasteiger partial charge in [-0.15, -0.1) is 0 Å². The number of hydrogen-bond donors (Lipinski definition) is 1. The number of carbonyl (C=O) groups excluding carboxylic acids is 2. The highest BCUT2D eigenvalue weighted by Gasteiger charge is 2.56. The molecule has 0 spiro atoms. The van der Waals surface area contributed by atoms with Gasteiger partial charge in [-0.1, -0.05) is 13.3 Å². The third-order valence-electron chi connectivity index (χ3n) is 4.53. The molecule has 0 radical (unpaired) electrons. The molecular weight excluding hydrogens is 292 g/mol. The van der Waals surface area contributed by atoms with Crippen molar-refractivity contribution in [2.24, 2.45) is 5.92 Å². The van der Waals surface area contributed by atoms with Crippen molar-refractivity contribution in [2.75, 3.05) is 18.6 Å². The van der Waals surface area contributed by atoms with Crippen LogP contribution in [0, 0.1) is 5.92 Å². The van der Waals surface area contributed by atoms with Gasteiger partial charge in [0.1, 0.15) is 21.4 Å². The summed E-state index contributed by atoms with van der Waals surface area (Å²) in [6.07, 6.45) is 4.34. The summed E-state index contributed by atoms with van der Waals surface area (Å²) in [5, 5.41) is 2.83. The molecule has 1 N–H and O–H groups in total. The van der Waals surface area contributed by atoms with Crippen LogP contribution in [0.4, 0.5) is 0 Å². The fraction of sp³-hybridized carbons (Fsp3) is 0.857. The first-order chi connectivity index (χ1) is 9.70. The van der Waals surface area contributed by atoms with E-state index in [0.29, 0.717) is 6.42 Å². The largest absolute Gasteiger partial charge is 0.342 e. The quantitative estimate of drug-likeness (QED) is 0.765. The van der Waals surface area contributed by atoms with Gasteiger partial charge in [0.2, 0.25) is 11.8 Å². The maximum absolute atomic E-state index is 12.6. The molecule has 7 heteroatoms. The highest BCUT2D eigenvalue weighted by molar-refractivity contribution is 7.90. The number of rotatable bonds is 6. The monoisotopic (exact) mass is 316 g/mol. The van der Waals surface area contributed by atoms with Crippen LogP contribution in [0.3, 0.4) is 0 Å². The Kier molecular flexibility index (Phi) is 4.33. The van der Waals surface area contributed by atoms with Crippen molar-refractivity contribution in [3.05, 3.63) is 0 Å². The summed E-state index contributed by atoms with van der Waals surface area (Å²) in [6.45, 7) is 3.82. The van der Waals surface area contributed by atoms with E-state index in [1.54, 1.807) is 6.92 Å². The normalized spacial score (nSPS) is 30.4. The SMILES string of the molecule is CCCC1NC(=O)C(C)(C2CC2)N(CCS(C)(=O)=O)C1=O. The summed E-state index contributed by atoms with van der Waals surface area (Å²) < 4.78 is 22.9. The van der Waals surface area contributed by atoms with Gasteiger partial charge in [-0.2, -0.15) is 0 Å². The van der Waals surface area contributed by atoms with E-state index in [2.05, 4.69) is 5.32 Å². The second-order valence-electron chi connectivity index (χ2n) is 6.36. The molecule has 2 amide bonds. The fourth-order valence-corrected chi connectivity index (χ4v) is 3.56. The van der Waals surface area contributed by atoms with Gasteiger partial charge in [0.25, 0.3) is 0 Å². The molecule has 2 aliphatic rings. The highest BCUT2D eigenvalue weighted by Crippen LogP contribution is 2.44. The van der Waals surface area contributed by atoms with Crippen LogP contribution >= 0.6 is 0 Å². The molecule has 1 saturated heterocycles. The van der Waals surface area contributed by atoms with Crippen LogP contribution < -0.4 is 5.32 Å². The Labute approximate surface area is 126 Å². The minimum atomic E-state index is -3.18. The van der Waals surface area contributed by atoms with Crippen LogP contribution in [0.1, 0.15) is 39.5 Å². The number of nitrogens with one attached hydrogen (secondary N) is 1. The molecule has 6 nitrogen and oxygen atoms in total. The third kappa shape index (κ3) is 3.22. The molecule has 0 aromatic carbocycles. The molecule has 1 aliphatic heterocycles. The number of amides is 2. The molecule has 0 aromatic heterocycles. The van der Waals surface area contributed by atoms with Crippen molar-refractivity contribution < 1.29 is 18.0 Å². The minimum absolute atomic E-state index is 0.0955. The number of sulfone groups is 1. The molecule has 120 valence electrons. The van der Waals surface area contributed by atoms with E-state index in [-0.39, 0.29) is 30.0 Å². The maximum atomic E-state index is 12.6. The number of carbonyl (C=O) groups is 2. The smallest absolute Gasteiger partial charge is 0.246 e. The molecule has 2 rings (SSSR count). The second-order valence-corrected chi connectivity index (χ2v) is 8.62. The van der Waals surface area contributed by atoms with Gasteiger partial charge in [0, 0.05) is 12.8 Å². The minimum Gasteiger partial charge on any atom is -0.342 e. The molecule has 1 heterocycles. The number of hydrogen-bond acceptors (Lipinski definition) is 4. The third-order valence-corrected chi connectivity index (χ3v) is 5.45. The van der Waals surface area contributed by atoms with Gasteiger partial charge in [-0.25, -0.2) is 8.42 Å². The van der Waals surface area contributed by atoms with Gasteiger partial charge in [-0.3, -0.25) is 9.59 Å². The summed E-state index contributed by atoms with van der Waals surface area (Å²) >= 11 is 0. The van der Waals surface area contributed by atoms with Gasteiger partial charge in [0.15, 0.2) is 0 Å². The molecule has 0 bridgehead atoms. The molecule has 1 saturated carbocycles. The molecule has 2 unspecified atom stereocenters. The summed E-state index contributed by atoms with van der Waals surface area (Å²) in [6, 6.07) is -0.520. The average Bonchev–Trinajstić information content (AvgIpc) is 3.19. The number of piperazine rings is 1. The van der Waals surface area contributed by atoms with Crippen molar-refractivity contribution >= 4 is 21.7 Å². The first-order valence-corrected chi connectivity index (χ1v) is 9.56. The Balaban J connectivity index is 2.26. The Morgan fingerprint density at radius 2 is 1.95 bits per heavy atom. The maximum Gasteiger partial charge on any atom is 0.246 e. The van der Waals surface area contributed by atoms with E-state index in [1.165, 1.54) is 4.90 Å². The van der Waals surface area contributed by atoms with Crippen LogP contribution in [0.15, 0.2) is 0 Å². The highest BCUT2D eigenvalue weighted by atomic mass is 32.2. The van der Waals surface area contributed by atoms with E-state index >= 15 is 0 Å². The lowest BCUT2D eigenvalue weighted by molar-refractivity contribution is -0.157. The zero-order chi connectivity index (χ0) is 15.8. The molecular formula is C14H24N2O4S. The van der Waals surface area contributed by atoms with E-state index in [1.807, 2.05) is 6.92 Å². The van der Waals surface area contributed by atoms with E-state index < -0.39 is 21.4 Å². The first kappa shape index (κ1) is 16.3. The van der Waals surface area contributed by atoms with Crippen LogP contribution in [0.5, 0.6) is 0 Å². The van der Waals surface area contributed by atoms with Crippen LogP contribution in [0.2, 0.25) is 0 Å². The van der Waals surface area contributed by atoms with Crippen molar-refractivity contribution in [2.45, 2.75) is 51.1 Å². The average molecular weight is 316 g/mol.